The van der Waals surface area contributed by atoms with E-state index in [1.807, 2.05) is 29.7 Å². The summed E-state index contributed by atoms with van der Waals surface area (Å²) in [5, 5.41) is 9.79. The number of carbonyl (C=O) groups is 1. The highest BCUT2D eigenvalue weighted by Gasteiger charge is 2.26. The first-order valence-corrected chi connectivity index (χ1v) is 14.2. The van der Waals surface area contributed by atoms with Gasteiger partial charge in [0.15, 0.2) is 11.3 Å². The molecule has 1 N–H and O–H groups in total. The minimum absolute atomic E-state index is 0.00284. The number of fused-ring (bicyclic) bond motifs is 1. The van der Waals surface area contributed by atoms with Crippen LogP contribution in [0.3, 0.4) is 0 Å². The molecule has 0 radical (unpaired) electrons. The Hall–Kier alpha value is -3.60. The molecule has 11 heteroatoms. The first kappa shape index (κ1) is 27.6. The van der Waals surface area contributed by atoms with Crippen molar-refractivity contribution in [1.29, 1.82) is 0 Å². The van der Waals surface area contributed by atoms with Gasteiger partial charge >= 0.3 is 5.97 Å². The Kier molecular flexibility index (Phi) is 7.88. The molecule has 0 saturated carbocycles. The van der Waals surface area contributed by atoms with Gasteiger partial charge in [0.1, 0.15) is 23.3 Å². The molecule has 1 aromatic carbocycles. The van der Waals surface area contributed by atoms with Crippen molar-refractivity contribution in [2.45, 2.75) is 57.4 Å². The van der Waals surface area contributed by atoms with E-state index in [-0.39, 0.29) is 29.6 Å². The number of likely N-dealkylation sites (tertiary alicyclic amines) is 1. The van der Waals surface area contributed by atoms with E-state index in [0.717, 1.165) is 50.5 Å². The summed E-state index contributed by atoms with van der Waals surface area (Å²) < 4.78 is 28.4. The third-order valence-corrected chi connectivity index (χ3v) is 8.11. The van der Waals surface area contributed by atoms with Crippen LogP contribution in [0, 0.1) is 5.82 Å². The van der Waals surface area contributed by atoms with Crippen molar-refractivity contribution in [3.05, 3.63) is 82.1 Å². The Morgan fingerprint density at radius 3 is 2.66 bits per heavy atom. The second-order valence-corrected chi connectivity index (χ2v) is 11.1. The van der Waals surface area contributed by atoms with E-state index in [2.05, 4.69) is 14.9 Å². The second kappa shape index (κ2) is 11.7. The summed E-state index contributed by atoms with van der Waals surface area (Å²) in [5.41, 5.74) is 2.53. The van der Waals surface area contributed by atoms with Crippen LogP contribution in [0.5, 0.6) is 5.88 Å². The van der Waals surface area contributed by atoms with Crippen LogP contribution in [0.4, 0.5) is 4.39 Å². The molecule has 0 bridgehead atoms. The Morgan fingerprint density at radius 2 is 1.95 bits per heavy atom. The van der Waals surface area contributed by atoms with Crippen LogP contribution in [0.15, 0.2) is 48.5 Å². The van der Waals surface area contributed by atoms with Gasteiger partial charge in [-0.25, -0.2) is 24.1 Å². The van der Waals surface area contributed by atoms with Crippen LogP contribution in [0.2, 0.25) is 5.02 Å². The highest BCUT2D eigenvalue weighted by Crippen LogP contribution is 2.29. The zero-order valence-corrected chi connectivity index (χ0v) is 23.4. The molecule has 2 aliphatic heterocycles. The topological polar surface area (TPSA) is 103 Å². The van der Waals surface area contributed by atoms with Crippen molar-refractivity contribution >= 4 is 28.7 Å². The average Bonchev–Trinajstić information content (AvgIpc) is 3.27. The standard InChI is InChI=1S/C30H31ClFN5O4/c1-18(22-6-5-19(31)15-23(22)32)24-3-2-4-28(34-24)41-20-9-12-36(13-10-20)17-27-33-25-7-8-26(30(38)39)35-29(25)37(27)16-21-11-14-40-21/h2-8,15,18,20-21H,9-14,16-17H2,1H3,(H,38,39). The van der Waals surface area contributed by atoms with Crippen LogP contribution in [0.1, 0.15) is 59.7 Å². The molecule has 0 aliphatic carbocycles. The fourth-order valence-electron chi connectivity index (χ4n) is 5.42. The number of rotatable bonds is 9. The number of halogens is 2. The molecule has 214 valence electrons. The van der Waals surface area contributed by atoms with Crippen LogP contribution in [-0.4, -0.2) is 67.4 Å². The van der Waals surface area contributed by atoms with Gasteiger partial charge in [-0.05, 0) is 55.2 Å². The Bertz CT molecular complexity index is 1570. The maximum absolute atomic E-state index is 14.5. The lowest BCUT2D eigenvalue weighted by atomic mass is 9.97. The summed E-state index contributed by atoms with van der Waals surface area (Å²) in [6, 6.07) is 13.5. The summed E-state index contributed by atoms with van der Waals surface area (Å²) in [7, 11) is 0. The fourth-order valence-corrected chi connectivity index (χ4v) is 5.58. The van der Waals surface area contributed by atoms with Crippen LogP contribution < -0.4 is 4.74 Å². The van der Waals surface area contributed by atoms with Crippen molar-refractivity contribution in [2.24, 2.45) is 0 Å². The summed E-state index contributed by atoms with van der Waals surface area (Å²) in [6.45, 7) is 5.50. The molecule has 6 rings (SSSR count). The van der Waals surface area contributed by atoms with E-state index < -0.39 is 5.97 Å². The summed E-state index contributed by atoms with van der Waals surface area (Å²) >= 11 is 5.92. The predicted molar refractivity (Wildman–Crippen MR) is 151 cm³/mol. The predicted octanol–water partition coefficient (Wildman–Crippen LogP) is 5.30. The molecule has 2 saturated heterocycles. The molecule has 9 nitrogen and oxygen atoms in total. The van der Waals surface area contributed by atoms with Gasteiger partial charge in [-0.1, -0.05) is 30.7 Å². The zero-order valence-electron chi connectivity index (χ0n) is 22.7. The van der Waals surface area contributed by atoms with E-state index >= 15 is 0 Å². The molecule has 41 heavy (non-hydrogen) atoms. The number of pyridine rings is 2. The molecule has 0 amide bonds. The third-order valence-electron chi connectivity index (χ3n) is 7.87. The summed E-state index contributed by atoms with van der Waals surface area (Å²) in [6.07, 6.45) is 2.70. The number of aromatic carboxylic acids is 1. The average molecular weight is 580 g/mol. The minimum atomic E-state index is -1.06. The molecule has 5 heterocycles. The van der Waals surface area contributed by atoms with Gasteiger partial charge < -0.3 is 19.1 Å². The van der Waals surface area contributed by atoms with Crippen molar-refractivity contribution in [3.8, 4) is 5.88 Å². The van der Waals surface area contributed by atoms with Crippen molar-refractivity contribution in [2.75, 3.05) is 19.7 Å². The second-order valence-electron chi connectivity index (χ2n) is 10.6. The van der Waals surface area contributed by atoms with Gasteiger partial charge in [-0.15, -0.1) is 0 Å². The minimum Gasteiger partial charge on any atom is -0.477 e. The van der Waals surface area contributed by atoms with E-state index in [0.29, 0.717) is 40.7 Å². The van der Waals surface area contributed by atoms with Crippen molar-refractivity contribution in [1.82, 2.24) is 24.4 Å². The first-order valence-electron chi connectivity index (χ1n) is 13.9. The van der Waals surface area contributed by atoms with E-state index in [4.69, 9.17) is 26.1 Å². The van der Waals surface area contributed by atoms with Gasteiger partial charge in [0.05, 0.1) is 24.9 Å². The number of aromatic nitrogens is 4. The number of imidazole rings is 1. The lowest BCUT2D eigenvalue weighted by Gasteiger charge is -2.32. The smallest absolute Gasteiger partial charge is 0.354 e. The number of benzene rings is 1. The molecular weight excluding hydrogens is 549 g/mol. The number of nitrogens with zero attached hydrogens (tertiary/aromatic N) is 5. The lowest BCUT2D eigenvalue weighted by Crippen LogP contribution is -2.39. The van der Waals surface area contributed by atoms with E-state index in [1.165, 1.54) is 12.1 Å². The SMILES string of the molecule is CC(c1cccc(OC2CCN(Cc3nc4ccc(C(=O)O)nc4n3CC3CCO3)CC2)n1)c1ccc(Cl)cc1F. The number of ether oxygens (including phenoxy) is 2. The van der Waals surface area contributed by atoms with Crippen LogP contribution >= 0.6 is 11.6 Å². The monoisotopic (exact) mass is 579 g/mol. The number of hydrogen-bond donors (Lipinski definition) is 1. The number of hydrogen-bond acceptors (Lipinski definition) is 7. The van der Waals surface area contributed by atoms with Gasteiger partial charge in [0.2, 0.25) is 5.88 Å². The highest BCUT2D eigenvalue weighted by atomic mass is 35.5. The summed E-state index contributed by atoms with van der Waals surface area (Å²) in [5.74, 6) is -0.275. The molecule has 0 spiro atoms. The third kappa shape index (κ3) is 6.05. The molecule has 3 aromatic heterocycles. The highest BCUT2D eigenvalue weighted by molar-refractivity contribution is 6.30. The quantitative estimate of drug-likeness (QED) is 0.285. The van der Waals surface area contributed by atoms with Gasteiger partial charge in [0, 0.05) is 36.7 Å². The maximum Gasteiger partial charge on any atom is 0.354 e. The molecule has 2 unspecified atom stereocenters. The van der Waals surface area contributed by atoms with Gasteiger partial charge in [-0.2, -0.15) is 0 Å². The van der Waals surface area contributed by atoms with Crippen molar-refractivity contribution in [3.63, 3.8) is 0 Å². The fraction of sp³-hybridized carbons (Fsp3) is 0.400. The summed E-state index contributed by atoms with van der Waals surface area (Å²) in [4.78, 5) is 27.7. The first-order chi connectivity index (χ1) is 19.8. The maximum atomic E-state index is 14.5. The normalized spacial score (nSPS) is 18.8. The Balaban J connectivity index is 1.10. The molecule has 4 aromatic rings. The zero-order chi connectivity index (χ0) is 28.5. The Labute approximate surface area is 241 Å². The lowest BCUT2D eigenvalue weighted by molar-refractivity contribution is -0.0593. The van der Waals surface area contributed by atoms with Crippen LogP contribution in [0.25, 0.3) is 11.2 Å². The van der Waals surface area contributed by atoms with Gasteiger partial charge in [0.25, 0.3) is 0 Å². The molecule has 2 aliphatic rings. The number of carboxylic acid groups (broad SMARTS) is 1. The molecule has 2 atom stereocenters. The molecular formula is C30H31ClFN5O4. The van der Waals surface area contributed by atoms with E-state index in [1.54, 1.807) is 18.2 Å². The van der Waals surface area contributed by atoms with Gasteiger partial charge in [-0.3, -0.25) is 4.90 Å². The van der Waals surface area contributed by atoms with Crippen LogP contribution in [-0.2, 0) is 17.8 Å². The largest absolute Gasteiger partial charge is 0.477 e. The Morgan fingerprint density at radius 1 is 1.15 bits per heavy atom. The number of piperidine rings is 1. The number of carboxylic acids is 1. The van der Waals surface area contributed by atoms with Crippen molar-refractivity contribution < 1.29 is 23.8 Å². The van der Waals surface area contributed by atoms with E-state index in [9.17, 15) is 14.3 Å². The molecule has 2 fully saturated rings.